The molecule has 96 heavy (non-hydrogen) atoms. The molecular formula is C78H98ClN7O10. The number of hydrogen-bond donors (Lipinski definition) is 2. The molecule has 4 fully saturated rings. The molecule has 5 aliphatic rings. The molecule has 512 valence electrons. The summed E-state index contributed by atoms with van der Waals surface area (Å²) in [6, 6.07) is 35.7. The molecule has 5 aromatic carbocycles. The standard InChI is InChI=1S/C78H98ClN7O10/c1-7-52(2)71(81-77(94)95-51-63-61-36-22-20-34-59(61)60-35-21-23-37-62(60)63)76(93)83(5)53(3)72(89)86-47-44-67(86)75(92)84(6)68(48-54-28-14-12-15-29-54)74(91)82(4)50-69(87)80-66(73(90)85-45-26-27-46-85)49-70(88)96-78(57-32-18-13-19-33-57,64-38-24-25-39-65(64)79)58-42-40-56(41-43-58)55-30-16-10-8-9-11-17-31-55/h13,18-25,32-43,52-55,63,66-68,71H,7-12,14-17,26-31,44-51H2,1-6H3,(H,80,87)(H,81,94)/t52-,53-,66-,67-,68-,71-,78?/m0/s1. The van der Waals surface area contributed by atoms with Crippen molar-refractivity contribution in [2.75, 3.05) is 53.9 Å². The molecule has 2 aliphatic heterocycles. The molecular weight excluding hydrogens is 1230 g/mol. The fourth-order valence-corrected chi connectivity index (χ4v) is 15.5. The van der Waals surface area contributed by atoms with Crippen LogP contribution in [-0.2, 0) is 48.6 Å². The van der Waals surface area contributed by atoms with Crippen LogP contribution in [0, 0.1) is 11.8 Å². The second kappa shape index (κ2) is 32.8. The van der Waals surface area contributed by atoms with Crippen LogP contribution in [0.4, 0.5) is 4.79 Å². The summed E-state index contributed by atoms with van der Waals surface area (Å²) in [4.78, 5) is 124. The van der Waals surface area contributed by atoms with E-state index >= 15 is 9.59 Å². The summed E-state index contributed by atoms with van der Waals surface area (Å²) in [5, 5.41) is 6.05. The van der Waals surface area contributed by atoms with E-state index in [0.717, 1.165) is 80.0 Å². The number of nitrogens with zero attached hydrogens (tertiary/aromatic N) is 5. The van der Waals surface area contributed by atoms with Crippen molar-refractivity contribution >= 4 is 59.1 Å². The topological polar surface area (TPSA) is 195 Å². The highest BCUT2D eigenvalue weighted by molar-refractivity contribution is 6.31. The van der Waals surface area contributed by atoms with Gasteiger partial charge < -0.3 is 44.6 Å². The molecule has 0 bridgehead atoms. The van der Waals surface area contributed by atoms with Gasteiger partial charge in [0.25, 0.3) is 0 Å². The van der Waals surface area contributed by atoms with Gasteiger partial charge in [-0.05, 0) is 97.1 Å². The summed E-state index contributed by atoms with van der Waals surface area (Å²) in [6.07, 6.45) is 15.7. The molecule has 3 aliphatic carbocycles. The molecule has 1 unspecified atom stereocenters. The third kappa shape index (κ3) is 16.2. The molecule has 0 spiro atoms. The van der Waals surface area contributed by atoms with Gasteiger partial charge >= 0.3 is 12.1 Å². The number of alkyl carbamates (subject to hydrolysis) is 1. The van der Waals surface area contributed by atoms with Crippen LogP contribution in [0.3, 0.4) is 0 Å². The fraction of sp³-hybridized carbons (Fsp3) is 0.513. The summed E-state index contributed by atoms with van der Waals surface area (Å²) in [5.41, 5.74) is 5.77. The Kier molecular flexibility index (Phi) is 24.2. The first-order valence-corrected chi connectivity index (χ1v) is 35.7. The van der Waals surface area contributed by atoms with Crippen LogP contribution in [0.2, 0.25) is 5.02 Å². The number of rotatable bonds is 24. The molecule has 18 heteroatoms. The third-order valence-electron chi connectivity index (χ3n) is 21.4. The summed E-state index contributed by atoms with van der Waals surface area (Å²) < 4.78 is 12.7. The van der Waals surface area contributed by atoms with E-state index in [-0.39, 0.29) is 30.9 Å². The number of halogens is 1. The number of hydrogen-bond acceptors (Lipinski definition) is 10. The van der Waals surface area contributed by atoms with E-state index in [0.29, 0.717) is 60.0 Å². The van der Waals surface area contributed by atoms with E-state index in [2.05, 4.69) is 34.9 Å². The van der Waals surface area contributed by atoms with Crippen molar-refractivity contribution in [3.63, 3.8) is 0 Å². The van der Waals surface area contributed by atoms with Gasteiger partial charge in [0.05, 0.1) is 13.0 Å². The SMILES string of the molecule is CC[C@H](C)[C@H](NC(=O)OCC1c2ccccc2-c2ccccc21)C(=O)N(C)[C@@H](C)C(=O)N1CC[C@H]1C(=O)N(C)[C@@H](CC1CCCCC1)C(=O)N(C)CC(=O)N[C@@H](CC(=O)OC(c1ccccc1)(c1ccc(C2CCCCCCCC2)cc1)c1ccccc1Cl)C(=O)N1CCCC1. The lowest BCUT2D eigenvalue weighted by Crippen LogP contribution is -2.64. The van der Waals surface area contributed by atoms with Crippen molar-refractivity contribution in [1.82, 2.24) is 35.1 Å². The number of likely N-dealkylation sites (tertiary alicyclic amines) is 2. The highest BCUT2D eigenvalue weighted by Crippen LogP contribution is 2.46. The zero-order valence-corrected chi connectivity index (χ0v) is 57.7. The van der Waals surface area contributed by atoms with Crippen LogP contribution in [0.1, 0.15) is 188 Å². The molecule has 2 saturated carbocycles. The maximum Gasteiger partial charge on any atom is 0.407 e. The largest absolute Gasteiger partial charge is 0.449 e. The van der Waals surface area contributed by atoms with Gasteiger partial charge in [0.2, 0.25) is 35.4 Å². The zero-order chi connectivity index (χ0) is 68.0. The van der Waals surface area contributed by atoms with E-state index in [1.807, 2.05) is 111 Å². The van der Waals surface area contributed by atoms with Crippen molar-refractivity contribution in [2.45, 2.75) is 190 Å². The van der Waals surface area contributed by atoms with E-state index in [1.165, 1.54) is 77.8 Å². The number of carbonyl (C=O) groups is 8. The van der Waals surface area contributed by atoms with E-state index in [4.69, 9.17) is 21.1 Å². The zero-order valence-electron chi connectivity index (χ0n) is 57.0. The second-order valence-corrected chi connectivity index (χ2v) is 28.0. The Morgan fingerprint density at radius 1 is 0.615 bits per heavy atom. The molecule has 17 nitrogen and oxygen atoms in total. The number of benzene rings is 5. The van der Waals surface area contributed by atoms with Crippen molar-refractivity contribution < 1.29 is 47.8 Å². The summed E-state index contributed by atoms with van der Waals surface area (Å²) in [5.74, 6) is -3.77. The number of esters is 1. The molecule has 0 aromatic heterocycles. The summed E-state index contributed by atoms with van der Waals surface area (Å²) >= 11 is 7.13. The lowest BCUT2D eigenvalue weighted by atomic mass is 9.78. The highest BCUT2D eigenvalue weighted by Gasteiger charge is 2.47. The third-order valence-corrected chi connectivity index (χ3v) is 21.7. The Hall–Kier alpha value is -8.05. The lowest BCUT2D eigenvalue weighted by molar-refractivity contribution is -0.160. The first kappa shape index (κ1) is 70.7. The first-order chi connectivity index (χ1) is 46.4. The van der Waals surface area contributed by atoms with Gasteiger partial charge in [-0.15, -0.1) is 0 Å². The van der Waals surface area contributed by atoms with E-state index in [1.54, 1.807) is 24.9 Å². The average molecular weight is 1330 g/mol. The second-order valence-electron chi connectivity index (χ2n) is 27.6. The first-order valence-electron chi connectivity index (χ1n) is 35.3. The van der Waals surface area contributed by atoms with E-state index in [9.17, 15) is 28.8 Å². The minimum Gasteiger partial charge on any atom is -0.449 e. The quantitative estimate of drug-likeness (QED) is 0.0443. The van der Waals surface area contributed by atoms with Crippen LogP contribution < -0.4 is 10.6 Å². The maximum absolute atomic E-state index is 15.1. The lowest BCUT2D eigenvalue weighted by Gasteiger charge is -2.45. The van der Waals surface area contributed by atoms with Gasteiger partial charge in [0.15, 0.2) is 5.60 Å². The summed E-state index contributed by atoms with van der Waals surface area (Å²) in [7, 11) is 4.57. The minimum absolute atomic E-state index is 0.0606. The van der Waals surface area contributed by atoms with Crippen molar-refractivity contribution in [3.05, 3.63) is 166 Å². The predicted octanol–water partition coefficient (Wildman–Crippen LogP) is 12.5. The van der Waals surface area contributed by atoms with Crippen LogP contribution in [0.25, 0.3) is 11.1 Å². The molecule has 2 N–H and O–H groups in total. The fourth-order valence-electron chi connectivity index (χ4n) is 15.3. The van der Waals surface area contributed by atoms with Crippen molar-refractivity contribution in [3.8, 4) is 11.1 Å². The molecule has 10 rings (SSSR count). The summed E-state index contributed by atoms with van der Waals surface area (Å²) in [6.45, 7) is 6.07. The molecule has 2 heterocycles. The van der Waals surface area contributed by atoms with Crippen molar-refractivity contribution in [2.24, 2.45) is 11.8 Å². The van der Waals surface area contributed by atoms with E-state index < -0.39 is 96.3 Å². The Labute approximate surface area is 572 Å². The smallest absolute Gasteiger partial charge is 0.407 e. The number of ether oxygens (including phenoxy) is 2. The number of likely N-dealkylation sites (N-methyl/N-ethyl adjacent to an activating group) is 3. The number of nitrogens with one attached hydrogen (secondary N) is 2. The maximum atomic E-state index is 15.1. The molecule has 7 amide bonds. The minimum atomic E-state index is -1.58. The van der Waals surface area contributed by atoms with Gasteiger partial charge in [0, 0.05) is 68.4 Å². The van der Waals surface area contributed by atoms with Crippen molar-refractivity contribution in [1.29, 1.82) is 0 Å². The van der Waals surface area contributed by atoms with Gasteiger partial charge in [-0.25, -0.2) is 4.79 Å². The van der Waals surface area contributed by atoms with Gasteiger partial charge in [-0.1, -0.05) is 224 Å². The monoisotopic (exact) mass is 1330 g/mol. The van der Waals surface area contributed by atoms with Gasteiger partial charge in [-0.2, -0.15) is 0 Å². The Balaban J connectivity index is 0.815. The molecule has 2 saturated heterocycles. The number of carbonyl (C=O) groups excluding carboxylic acids is 8. The van der Waals surface area contributed by atoms with Gasteiger partial charge in [-0.3, -0.25) is 33.6 Å². The molecule has 5 aromatic rings. The van der Waals surface area contributed by atoms with Gasteiger partial charge in [0.1, 0.15) is 36.8 Å². The predicted molar refractivity (Wildman–Crippen MR) is 372 cm³/mol. The average Bonchev–Trinajstić information content (AvgIpc) is 1.13. The normalized spacial score (nSPS) is 19.0. The Morgan fingerprint density at radius 3 is 1.80 bits per heavy atom. The molecule has 7 atom stereocenters. The van der Waals surface area contributed by atoms with Crippen LogP contribution >= 0.6 is 11.6 Å². The number of amides is 7. The Bertz CT molecular complexity index is 3480. The van der Waals surface area contributed by atoms with Crippen LogP contribution in [0.5, 0.6) is 0 Å². The molecule has 0 radical (unpaired) electrons. The highest BCUT2D eigenvalue weighted by atomic mass is 35.5. The Morgan fingerprint density at radius 2 is 1.19 bits per heavy atom. The van der Waals surface area contributed by atoms with Crippen LogP contribution in [-0.4, -0.2) is 156 Å². The van der Waals surface area contributed by atoms with Crippen LogP contribution in [0.15, 0.2) is 127 Å². The number of fused-ring (bicyclic) bond motifs is 3.